The first kappa shape index (κ1) is 17.8. The van der Waals surface area contributed by atoms with Crippen LogP contribution in [0.15, 0.2) is 35.1 Å². The van der Waals surface area contributed by atoms with E-state index in [1.807, 2.05) is 25.1 Å². The number of aryl methyl sites for hydroxylation is 1. The standard InChI is InChI=1S/C19H19N5O4/c1-10-17-12(11-5-4-6-13(27-2)18(11)28-3)9-16(26)20-19(17)24(23-10)14-7-8-15(25)22-21-14/h4-8,12H,9H2,1-3H3,(H,20,26)(H,22,25)/t12-/m1/s1. The van der Waals surface area contributed by atoms with Gasteiger partial charge < -0.3 is 14.8 Å². The summed E-state index contributed by atoms with van der Waals surface area (Å²) in [5, 5.41) is 13.8. The third-order valence-electron chi connectivity index (χ3n) is 4.79. The number of aromatic nitrogens is 4. The second kappa shape index (κ2) is 6.84. The molecule has 28 heavy (non-hydrogen) atoms. The Bertz CT molecular complexity index is 1100. The molecule has 1 atom stereocenters. The van der Waals surface area contributed by atoms with Crippen LogP contribution in [0.2, 0.25) is 0 Å². The maximum absolute atomic E-state index is 12.5. The first-order chi connectivity index (χ1) is 13.5. The molecule has 0 saturated carbocycles. The van der Waals surface area contributed by atoms with Crippen LogP contribution in [-0.4, -0.2) is 40.1 Å². The van der Waals surface area contributed by atoms with E-state index in [2.05, 4.69) is 20.6 Å². The van der Waals surface area contributed by atoms with E-state index in [1.165, 1.54) is 10.7 Å². The number of benzene rings is 1. The Labute approximate surface area is 160 Å². The molecule has 1 amide bonds. The predicted octanol–water partition coefficient (Wildman–Crippen LogP) is 1.76. The van der Waals surface area contributed by atoms with E-state index in [4.69, 9.17) is 9.47 Å². The van der Waals surface area contributed by atoms with Crippen LogP contribution in [0.5, 0.6) is 11.5 Å². The van der Waals surface area contributed by atoms with Gasteiger partial charge in [-0.25, -0.2) is 5.10 Å². The number of amides is 1. The molecule has 2 aromatic heterocycles. The number of aromatic amines is 1. The van der Waals surface area contributed by atoms with Gasteiger partial charge >= 0.3 is 0 Å². The number of ether oxygens (including phenoxy) is 2. The monoisotopic (exact) mass is 381 g/mol. The zero-order valence-corrected chi connectivity index (χ0v) is 15.6. The van der Waals surface area contributed by atoms with Crippen LogP contribution in [0.1, 0.15) is 29.2 Å². The molecule has 9 heteroatoms. The first-order valence-electron chi connectivity index (χ1n) is 8.69. The Morgan fingerprint density at radius 1 is 1.14 bits per heavy atom. The van der Waals surface area contributed by atoms with Gasteiger partial charge in [-0.2, -0.15) is 14.9 Å². The van der Waals surface area contributed by atoms with Crippen LogP contribution in [0, 0.1) is 6.92 Å². The maximum atomic E-state index is 12.5. The zero-order valence-electron chi connectivity index (χ0n) is 15.6. The van der Waals surface area contributed by atoms with Gasteiger partial charge in [0.25, 0.3) is 5.56 Å². The predicted molar refractivity (Wildman–Crippen MR) is 101 cm³/mol. The van der Waals surface area contributed by atoms with Gasteiger partial charge in [0.05, 0.1) is 19.9 Å². The number of carbonyl (C=O) groups is 1. The second-order valence-electron chi connectivity index (χ2n) is 6.43. The smallest absolute Gasteiger partial charge is 0.264 e. The van der Waals surface area contributed by atoms with E-state index >= 15 is 0 Å². The van der Waals surface area contributed by atoms with Crippen molar-refractivity contribution in [1.82, 2.24) is 20.0 Å². The van der Waals surface area contributed by atoms with Gasteiger partial charge in [-0.1, -0.05) is 12.1 Å². The minimum absolute atomic E-state index is 0.145. The molecule has 0 radical (unpaired) electrons. The molecular formula is C19H19N5O4. The quantitative estimate of drug-likeness (QED) is 0.712. The fraction of sp³-hybridized carbons (Fsp3) is 0.263. The maximum Gasteiger partial charge on any atom is 0.264 e. The Morgan fingerprint density at radius 2 is 1.96 bits per heavy atom. The summed E-state index contributed by atoms with van der Waals surface area (Å²) in [6, 6.07) is 8.51. The lowest BCUT2D eigenvalue weighted by Crippen LogP contribution is -2.25. The second-order valence-corrected chi connectivity index (χ2v) is 6.43. The number of nitrogens with one attached hydrogen (secondary N) is 2. The number of carbonyl (C=O) groups excluding carboxylic acids is 1. The SMILES string of the molecule is COc1cccc([C@H]2CC(=O)Nc3c2c(C)nn3-c2ccc(=O)[nH]n2)c1OC. The minimum Gasteiger partial charge on any atom is -0.493 e. The molecule has 0 saturated heterocycles. The van der Waals surface area contributed by atoms with Gasteiger partial charge in [-0.3, -0.25) is 9.59 Å². The highest BCUT2D eigenvalue weighted by Gasteiger charge is 2.35. The summed E-state index contributed by atoms with van der Waals surface area (Å²) >= 11 is 0. The van der Waals surface area contributed by atoms with Crippen molar-refractivity contribution in [1.29, 1.82) is 0 Å². The zero-order chi connectivity index (χ0) is 19.8. The molecule has 144 valence electrons. The molecule has 1 aliphatic rings. The lowest BCUT2D eigenvalue weighted by Gasteiger charge is -2.26. The summed E-state index contributed by atoms with van der Waals surface area (Å²) in [7, 11) is 3.15. The molecule has 0 fully saturated rings. The van der Waals surface area contributed by atoms with Crippen molar-refractivity contribution >= 4 is 11.7 Å². The van der Waals surface area contributed by atoms with Gasteiger partial charge in [0.1, 0.15) is 5.82 Å². The summed E-state index contributed by atoms with van der Waals surface area (Å²) in [5.74, 6) is 1.72. The Kier molecular flexibility index (Phi) is 4.34. The summed E-state index contributed by atoms with van der Waals surface area (Å²) in [4.78, 5) is 23.8. The van der Waals surface area contributed by atoms with Crippen LogP contribution in [0.4, 0.5) is 5.82 Å². The number of hydrogen-bond acceptors (Lipinski definition) is 6. The van der Waals surface area contributed by atoms with Gasteiger partial charge in [0.15, 0.2) is 17.3 Å². The molecule has 4 rings (SSSR count). The molecule has 3 heterocycles. The summed E-state index contributed by atoms with van der Waals surface area (Å²) < 4.78 is 12.5. The molecular weight excluding hydrogens is 362 g/mol. The lowest BCUT2D eigenvalue weighted by molar-refractivity contribution is -0.116. The number of H-pyrrole nitrogens is 1. The van der Waals surface area contributed by atoms with Crippen LogP contribution in [0.3, 0.4) is 0 Å². The molecule has 1 aromatic carbocycles. The Morgan fingerprint density at radius 3 is 2.64 bits per heavy atom. The highest BCUT2D eigenvalue weighted by atomic mass is 16.5. The first-order valence-corrected chi connectivity index (χ1v) is 8.69. The summed E-state index contributed by atoms with van der Waals surface area (Å²) in [5.41, 5.74) is 2.15. The van der Waals surface area contributed by atoms with E-state index in [-0.39, 0.29) is 23.8 Å². The van der Waals surface area contributed by atoms with Crippen molar-refractivity contribution < 1.29 is 14.3 Å². The van der Waals surface area contributed by atoms with E-state index in [9.17, 15) is 9.59 Å². The minimum atomic E-state index is -0.315. The number of anilines is 1. The highest BCUT2D eigenvalue weighted by Crippen LogP contribution is 2.45. The third-order valence-corrected chi connectivity index (χ3v) is 4.79. The van der Waals surface area contributed by atoms with Crippen LogP contribution in [-0.2, 0) is 4.79 Å². The van der Waals surface area contributed by atoms with Gasteiger partial charge in [-0.15, -0.1) is 0 Å². The number of fused-ring (bicyclic) bond motifs is 1. The molecule has 0 spiro atoms. The molecule has 9 nitrogen and oxygen atoms in total. The average molecular weight is 381 g/mol. The van der Waals surface area contributed by atoms with E-state index < -0.39 is 0 Å². The molecule has 0 bridgehead atoms. The lowest BCUT2D eigenvalue weighted by atomic mass is 9.85. The summed E-state index contributed by atoms with van der Waals surface area (Å²) in [6.45, 7) is 1.87. The summed E-state index contributed by atoms with van der Waals surface area (Å²) in [6.07, 6.45) is 0.252. The number of rotatable bonds is 4. The Balaban J connectivity index is 1.91. The number of methoxy groups -OCH3 is 2. The van der Waals surface area contributed by atoms with E-state index in [0.29, 0.717) is 23.1 Å². The number of nitrogens with zero attached hydrogens (tertiary/aromatic N) is 3. The molecule has 2 N–H and O–H groups in total. The normalized spacial score (nSPS) is 15.7. The van der Waals surface area contributed by atoms with Crippen molar-refractivity contribution in [2.24, 2.45) is 0 Å². The Hall–Kier alpha value is -3.62. The van der Waals surface area contributed by atoms with Crippen molar-refractivity contribution in [3.63, 3.8) is 0 Å². The topological polar surface area (TPSA) is 111 Å². The molecule has 0 aliphatic carbocycles. The fourth-order valence-corrected chi connectivity index (χ4v) is 3.62. The van der Waals surface area contributed by atoms with Gasteiger partial charge in [0.2, 0.25) is 5.91 Å². The molecule has 1 aliphatic heterocycles. The van der Waals surface area contributed by atoms with E-state index in [1.54, 1.807) is 20.3 Å². The van der Waals surface area contributed by atoms with Gasteiger partial charge in [-0.05, 0) is 19.1 Å². The van der Waals surface area contributed by atoms with E-state index in [0.717, 1.165) is 16.8 Å². The van der Waals surface area contributed by atoms with Gasteiger partial charge in [0, 0.05) is 29.5 Å². The average Bonchev–Trinajstić information content (AvgIpc) is 3.03. The van der Waals surface area contributed by atoms with Crippen molar-refractivity contribution in [3.05, 3.63) is 57.5 Å². The fourth-order valence-electron chi connectivity index (χ4n) is 3.62. The molecule has 0 unspecified atom stereocenters. The molecule has 3 aromatic rings. The number of para-hydroxylation sites is 1. The largest absolute Gasteiger partial charge is 0.493 e. The van der Waals surface area contributed by atoms with Crippen molar-refractivity contribution in [3.8, 4) is 17.3 Å². The van der Waals surface area contributed by atoms with Crippen molar-refractivity contribution in [2.45, 2.75) is 19.3 Å². The third kappa shape index (κ3) is 2.81. The van der Waals surface area contributed by atoms with Crippen LogP contribution >= 0.6 is 0 Å². The van der Waals surface area contributed by atoms with Crippen LogP contribution < -0.4 is 20.3 Å². The number of hydrogen-bond donors (Lipinski definition) is 2. The van der Waals surface area contributed by atoms with Crippen LogP contribution in [0.25, 0.3) is 5.82 Å². The highest BCUT2D eigenvalue weighted by molar-refractivity contribution is 5.95. The van der Waals surface area contributed by atoms with Crippen molar-refractivity contribution in [2.75, 3.05) is 19.5 Å².